The van der Waals surface area contributed by atoms with Crippen LogP contribution in [0.2, 0.25) is 0 Å². The lowest BCUT2D eigenvalue weighted by molar-refractivity contribution is -0.193. The first-order valence-corrected chi connectivity index (χ1v) is 15.5. The topological polar surface area (TPSA) is 95.5 Å². The Morgan fingerprint density at radius 3 is 2.20 bits per heavy atom. The summed E-state index contributed by atoms with van der Waals surface area (Å²) >= 11 is 0. The SMILES string of the molecule is CN(C(=O)C1(N2C(=O)c3ccccc3C2=O)CCCCC1)[C@@H](c1ccc(Nc2cnc3cccnc3c2C2CC2)cc1)C(F)(F)F. The van der Waals surface area contributed by atoms with Gasteiger partial charge in [-0.15, -0.1) is 0 Å². The minimum Gasteiger partial charge on any atom is -0.354 e. The first kappa shape index (κ1) is 29.9. The summed E-state index contributed by atoms with van der Waals surface area (Å²) in [7, 11) is 1.11. The van der Waals surface area contributed by atoms with Crippen LogP contribution in [-0.2, 0) is 4.79 Å². The number of anilines is 2. The van der Waals surface area contributed by atoms with Crippen molar-refractivity contribution in [2.45, 2.75) is 68.6 Å². The first-order valence-electron chi connectivity index (χ1n) is 15.5. The second kappa shape index (κ2) is 11.2. The van der Waals surface area contributed by atoms with Crippen molar-refractivity contribution in [2.75, 3.05) is 12.4 Å². The van der Waals surface area contributed by atoms with E-state index in [0.717, 1.165) is 53.5 Å². The monoisotopic (exact) mass is 627 g/mol. The Balaban J connectivity index is 1.19. The molecule has 1 atom stereocenters. The molecule has 46 heavy (non-hydrogen) atoms. The van der Waals surface area contributed by atoms with Gasteiger partial charge in [0.15, 0.2) is 6.04 Å². The molecule has 0 radical (unpaired) electrons. The molecule has 1 aliphatic heterocycles. The summed E-state index contributed by atoms with van der Waals surface area (Å²) in [5.41, 5.74) is 2.41. The maximum atomic E-state index is 14.8. The van der Waals surface area contributed by atoms with Crippen LogP contribution in [-0.4, -0.2) is 56.3 Å². The molecule has 2 fully saturated rings. The molecule has 2 saturated carbocycles. The summed E-state index contributed by atoms with van der Waals surface area (Å²) < 4.78 is 44.5. The van der Waals surface area contributed by atoms with E-state index in [1.807, 2.05) is 12.1 Å². The fraction of sp³-hybridized carbons (Fsp3) is 0.343. The summed E-state index contributed by atoms with van der Waals surface area (Å²) in [5, 5.41) is 3.31. The minimum absolute atomic E-state index is 0.104. The van der Waals surface area contributed by atoms with Crippen molar-refractivity contribution in [3.8, 4) is 0 Å². The normalized spacial score (nSPS) is 18.4. The number of aromatic nitrogens is 2. The zero-order valence-corrected chi connectivity index (χ0v) is 25.2. The van der Waals surface area contributed by atoms with Crippen LogP contribution < -0.4 is 5.32 Å². The highest BCUT2D eigenvalue weighted by atomic mass is 19.4. The average Bonchev–Trinajstić information content (AvgIpc) is 3.86. The maximum absolute atomic E-state index is 14.8. The molecule has 8 nitrogen and oxygen atoms in total. The van der Waals surface area contributed by atoms with Gasteiger partial charge >= 0.3 is 6.18 Å². The highest BCUT2D eigenvalue weighted by molar-refractivity contribution is 6.23. The van der Waals surface area contributed by atoms with Crippen molar-refractivity contribution in [2.24, 2.45) is 0 Å². The number of pyridine rings is 2. The van der Waals surface area contributed by atoms with Gasteiger partial charge < -0.3 is 10.2 Å². The van der Waals surface area contributed by atoms with Crippen LogP contribution in [0.5, 0.6) is 0 Å². The Hall–Kier alpha value is -4.80. The fourth-order valence-electron chi connectivity index (χ4n) is 7.15. The second-order valence-electron chi connectivity index (χ2n) is 12.4. The molecule has 7 rings (SSSR count). The molecule has 2 aromatic carbocycles. The number of amides is 3. The number of alkyl halides is 3. The standard InChI is InChI=1S/C35H32F3N5O3/c1-42(33(46)34(17-5-2-6-18-34)43-31(44)24-8-3-4-9-25(24)32(43)45)30(35(36,37)38)22-13-15-23(16-14-22)41-27-20-40-26-10-7-19-39-29(26)28(27)21-11-12-21/h3-4,7-10,13-16,19-21,30,41H,2,5-6,11-12,17-18H2,1H3/t30-/m0/s1. The zero-order valence-electron chi connectivity index (χ0n) is 25.2. The van der Waals surface area contributed by atoms with Gasteiger partial charge in [0.1, 0.15) is 5.54 Å². The number of carbonyl (C=O) groups is 3. The predicted octanol–water partition coefficient (Wildman–Crippen LogP) is 7.31. The molecule has 1 N–H and O–H groups in total. The number of benzene rings is 2. The molecule has 3 amide bonds. The number of nitrogens with one attached hydrogen (secondary N) is 1. The van der Waals surface area contributed by atoms with Crippen molar-refractivity contribution in [1.82, 2.24) is 19.8 Å². The number of fused-ring (bicyclic) bond motifs is 2. The molecule has 236 valence electrons. The quantitative estimate of drug-likeness (QED) is 0.216. The van der Waals surface area contributed by atoms with Crippen LogP contribution in [0.1, 0.15) is 88.7 Å². The van der Waals surface area contributed by atoms with E-state index >= 15 is 0 Å². The number of likely N-dealkylation sites (N-methyl/N-ethyl adjacent to an activating group) is 1. The Labute approximate surface area is 263 Å². The van der Waals surface area contributed by atoms with E-state index in [-0.39, 0.29) is 29.5 Å². The van der Waals surface area contributed by atoms with Crippen LogP contribution in [0.3, 0.4) is 0 Å². The Morgan fingerprint density at radius 2 is 1.59 bits per heavy atom. The lowest BCUT2D eigenvalue weighted by Crippen LogP contribution is -2.63. The first-order chi connectivity index (χ1) is 22.1. The van der Waals surface area contributed by atoms with Crippen LogP contribution in [0.4, 0.5) is 24.5 Å². The lowest BCUT2D eigenvalue weighted by Gasteiger charge is -2.45. The fourth-order valence-corrected chi connectivity index (χ4v) is 7.15. The van der Waals surface area contributed by atoms with Crippen molar-refractivity contribution >= 4 is 40.1 Å². The molecule has 2 aliphatic carbocycles. The van der Waals surface area contributed by atoms with E-state index in [0.29, 0.717) is 29.3 Å². The molecular weight excluding hydrogens is 595 g/mol. The van der Waals surface area contributed by atoms with Crippen molar-refractivity contribution in [3.05, 3.63) is 95.3 Å². The largest absolute Gasteiger partial charge is 0.413 e. The van der Waals surface area contributed by atoms with Crippen molar-refractivity contribution < 1.29 is 27.6 Å². The highest BCUT2D eigenvalue weighted by Gasteiger charge is 2.57. The van der Waals surface area contributed by atoms with E-state index in [4.69, 9.17) is 0 Å². The summed E-state index contributed by atoms with van der Waals surface area (Å²) in [6.07, 6.45) is 2.64. The third kappa shape index (κ3) is 4.98. The van der Waals surface area contributed by atoms with Gasteiger partial charge in [-0.3, -0.25) is 29.3 Å². The van der Waals surface area contributed by atoms with Gasteiger partial charge in [0, 0.05) is 24.5 Å². The lowest BCUT2D eigenvalue weighted by atomic mass is 9.78. The average molecular weight is 628 g/mol. The molecular formula is C35H32F3N5O3. The third-order valence-corrected chi connectivity index (χ3v) is 9.47. The van der Waals surface area contributed by atoms with E-state index in [1.165, 1.54) is 24.3 Å². The maximum Gasteiger partial charge on any atom is 0.413 e. The van der Waals surface area contributed by atoms with Gasteiger partial charge in [-0.25, -0.2) is 0 Å². The molecule has 2 aromatic heterocycles. The van der Waals surface area contributed by atoms with Gasteiger partial charge in [-0.2, -0.15) is 13.2 Å². The van der Waals surface area contributed by atoms with Gasteiger partial charge in [0.2, 0.25) is 5.91 Å². The van der Waals surface area contributed by atoms with Crippen LogP contribution in [0, 0.1) is 0 Å². The molecule has 3 heterocycles. The molecule has 4 aromatic rings. The highest BCUT2D eigenvalue weighted by Crippen LogP contribution is 2.47. The van der Waals surface area contributed by atoms with E-state index < -0.39 is 35.5 Å². The smallest absolute Gasteiger partial charge is 0.354 e. The van der Waals surface area contributed by atoms with Crippen molar-refractivity contribution in [3.63, 3.8) is 0 Å². The summed E-state index contributed by atoms with van der Waals surface area (Å²) in [5.74, 6) is -1.85. The predicted molar refractivity (Wildman–Crippen MR) is 166 cm³/mol. The Morgan fingerprint density at radius 1 is 0.935 bits per heavy atom. The molecule has 3 aliphatic rings. The van der Waals surface area contributed by atoms with Crippen LogP contribution in [0.15, 0.2) is 73.1 Å². The number of nitrogens with zero attached hydrogens (tertiary/aromatic N) is 4. The van der Waals surface area contributed by atoms with Gasteiger partial charge in [-0.05, 0) is 73.6 Å². The third-order valence-electron chi connectivity index (χ3n) is 9.47. The summed E-state index contributed by atoms with van der Waals surface area (Å²) in [6.45, 7) is 0. The summed E-state index contributed by atoms with van der Waals surface area (Å²) in [4.78, 5) is 51.9. The number of hydrogen-bond acceptors (Lipinski definition) is 6. The van der Waals surface area contributed by atoms with Crippen molar-refractivity contribution in [1.29, 1.82) is 0 Å². The second-order valence-corrected chi connectivity index (χ2v) is 12.4. The molecule has 0 saturated heterocycles. The molecule has 0 bridgehead atoms. The van der Waals surface area contributed by atoms with Gasteiger partial charge in [0.05, 0.1) is 34.0 Å². The molecule has 0 unspecified atom stereocenters. The van der Waals surface area contributed by atoms with Gasteiger partial charge in [-0.1, -0.05) is 43.5 Å². The van der Waals surface area contributed by atoms with Crippen LogP contribution >= 0.6 is 0 Å². The molecule has 11 heteroatoms. The number of hydrogen-bond donors (Lipinski definition) is 1. The van der Waals surface area contributed by atoms with Gasteiger partial charge in [0.25, 0.3) is 11.8 Å². The van der Waals surface area contributed by atoms with E-state index in [1.54, 1.807) is 36.7 Å². The zero-order chi connectivity index (χ0) is 32.2. The number of imide groups is 1. The number of halogens is 3. The number of rotatable bonds is 7. The summed E-state index contributed by atoms with van der Waals surface area (Å²) in [6, 6.07) is 13.5. The van der Waals surface area contributed by atoms with E-state index in [2.05, 4.69) is 15.3 Å². The van der Waals surface area contributed by atoms with Crippen LogP contribution in [0.25, 0.3) is 11.0 Å². The number of carbonyl (C=O) groups excluding carboxylic acids is 3. The van der Waals surface area contributed by atoms with E-state index in [9.17, 15) is 27.6 Å². The molecule has 0 spiro atoms. The Bertz CT molecular complexity index is 1810. The minimum atomic E-state index is -4.83. The Kier molecular flexibility index (Phi) is 7.29.